The average molecular weight is 393 g/mol. The second-order valence-electron chi connectivity index (χ2n) is 5.13. The van der Waals surface area contributed by atoms with Crippen LogP contribution in [0.3, 0.4) is 0 Å². The van der Waals surface area contributed by atoms with Crippen molar-refractivity contribution in [3.8, 4) is 5.75 Å². The minimum atomic E-state index is -0.274. The van der Waals surface area contributed by atoms with E-state index < -0.39 is 0 Å². The fourth-order valence-corrected chi connectivity index (χ4v) is 2.32. The number of carbonyl (C=O) groups excluding carboxylic acids is 2. The Morgan fingerprint density at radius 1 is 1.21 bits per heavy atom. The van der Waals surface area contributed by atoms with Crippen molar-refractivity contribution in [2.45, 2.75) is 19.8 Å². The number of Topliss-reactive ketones (excluding diaryl/α,β-unsaturated/α-hetero) is 1. The van der Waals surface area contributed by atoms with E-state index in [4.69, 9.17) is 4.74 Å². The van der Waals surface area contributed by atoms with E-state index in [1.165, 1.54) is 19.3 Å². The highest BCUT2D eigenvalue weighted by atomic mass is 79.9. The Morgan fingerprint density at radius 2 is 1.92 bits per heavy atom. The molecule has 0 aliphatic carbocycles. The number of nitrogens with one attached hydrogen (secondary N) is 2. The van der Waals surface area contributed by atoms with Crippen LogP contribution >= 0.6 is 15.9 Å². The van der Waals surface area contributed by atoms with E-state index in [1.54, 1.807) is 24.3 Å². The summed E-state index contributed by atoms with van der Waals surface area (Å²) in [6.45, 7) is 1.87. The van der Waals surface area contributed by atoms with Crippen LogP contribution in [0.25, 0.3) is 0 Å². The topological polar surface area (TPSA) is 88.3 Å². The van der Waals surface area contributed by atoms with Gasteiger partial charge in [-0.3, -0.25) is 14.4 Å². The quantitative estimate of drug-likeness (QED) is 0.559. The van der Waals surface area contributed by atoms with Crippen molar-refractivity contribution in [3.05, 3.63) is 56.9 Å². The first-order valence-electron chi connectivity index (χ1n) is 7.37. The number of hydrogen-bond donors (Lipinski definition) is 2. The van der Waals surface area contributed by atoms with Crippen LogP contribution in [-0.4, -0.2) is 23.3 Å². The zero-order valence-electron chi connectivity index (χ0n) is 13.1. The molecule has 1 aromatic carbocycles. The number of halogens is 1. The normalized spacial score (nSPS) is 10.2. The highest BCUT2D eigenvalue weighted by Gasteiger charge is 2.07. The third-order valence-corrected chi connectivity index (χ3v) is 3.84. The van der Waals surface area contributed by atoms with Gasteiger partial charge in [-0.25, -0.2) is 0 Å². The molecule has 0 saturated heterocycles. The summed E-state index contributed by atoms with van der Waals surface area (Å²) < 4.78 is 5.88. The fraction of sp³-hybridized carbons (Fsp3) is 0.235. The highest BCUT2D eigenvalue weighted by Crippen LogP contribution is 2.13. The number of benzene rings is 1. The number of aromatic nitrogens is 1. The maximum absolute atomic E-state index is 11.8. The van der Waals surface area contributed by atoms with Gasteiger partial charge in [0.15, 0.2) is 5.78 Å². The lowest BCUT2D eigenvalue weighted by atomic mass is 10.1. The SMILES string of the molecule is CC(=O)c1ccc(OCCCC(=O)Nc2c[nH]cc(Br)c2=O)cc1. The Labute approximate surface area is 147 Å². The van der Waals surface area contributed by atoms with Crippen LogP contribution in [0.2, 0.25) is 0 Å². The summed E-state index contributed by atoms with van der Waals surface area (Å²) in [7, 11) is 0. The number of hydrogen-bond acceptors (Lipinski definition) is 4. The first-order valence-corrected chi connectivity index (χ1v) is 8.17. The molecule has 7 heteroatoms. The van der Waals surface area contributed by atoms with Crippen molar-refractivity contribution in [3.63, 3.8) is 0 Å². The first-order chi connectivity index (χ1) is 11.5. The van der Waals surface area contributed by atoms with E-state index >= 15 is 0 Å². The summed E-state index contributed by atoms with van der Waals surface area (Å²) in [4.78, 5) is 37.5. The number of aromatic amines is 1. The van der Waals surface area contributed by atoms with Crippen molar-refractivity contribution < 1.29 is 14.3 Å². The Balaban J connectivity index is 1.75. The van der Waals surface area contributed by atoms with Crippen LogP contribution in [-0.2, 0) is 4.79 Å². The zero-order valence-corrected chi connectivity index (χ0v) is 14.7. The van der Waals surface area contributed by atoms with Gasteiger partial charge in [0.1, 0.15) is 11.4 Å². The second-order valence-corrected chi connectivity index (χ2v) is 5.98. The average Bonchev–Trinajstić information content (AvgIpc) is 2.56. The van der Waals surface area contributed by atoms with Crippen LogP contribution in [0.1, 0.15) is 30.1 Å². The molecule has 0 radical (unpaired) electrons. The number of rotatable bonds is 7. The maximum Gasteiger partial charge on any atom is 0.224 e. The predicted molar refractivity (Wildman–Crippen MR) is 94.6 cm³/mol. The Kier molecular flexibility index (Phi) is 6.31. The summed E-state index contributed by atoms with van der Waals surface area (Å²) in [5.41, 5.74) is 0.556. The Morgan fingerprint density at radius 3 is 2.58 bits per heavy atom. The number of H-pyrrole nitrogens is 1. The summed E-state index contributed by atoms with van der Waals surface area (Å²) >= 11 is 3.10. The molecule has 24 heavy (non-hydrogen) atoms. The van der Waals surface area contributed by atoms with Gasteiger partial charge in [0.2, 0.25) is 11.3 Å². The molecule has 0 spiro atoms. The number of ether oxygens (including phenoxy) is 1. The summed E-state index contributed by atoms with van der Waals surface area (Å²) in [5.74, 6) is 0.388. The van der Waals surface area contributed by atoms with Gasteiger partial charge in [0.25, 0.3) is 0 Å². The lowest BCUT2D eigenvalue weighted by Gasteiger charge is -2.07. The summed E-state index contributed by atoms with van der Waals surface area (Å²) in [6, 6.07) is 6.84. The lowest BCUT2D eigenvalue weighted by Crippen LogP contribution is -2.19. The van der Waals surface area contributed by atoms with E-state index in [1.807, 2.05) is 0 Å². The smallest absolute Gasteiger partial charge is 0.224 e. The van der Waals surface area contributed by atoms with Gasteiger partial charge in [-0.05, 0) is 53.5 Å². The first kappa shape index (κ1) is 17.9. The molecule has 126 valence electrons. The highest BCUT2D eigenvalue weighted by molar-refractivity contribution is 9.10. The zero-order chi connectivity index (χ0) is 17.5. The van der Waals surface area contributed by atoms with Crippen LogP contribution in [0.4, 0.5) is 5.69 Å². The molecule has 1 heterocycles. The van der Waals surface area contributed by atoms with Gasteiger partial charge in [-0.1, -0.05) is 0 Å². The van der Waals surface area contributed by atoms with Gasteiger partial charge in [-0.15, -0.1) is 0 Å². The molecule has 0 saturated carbocycles. The number of pyridine rings is 1. The van der Waals surface area contributed by atoms with Crippen LogP contribution in [0.5, 0.6) is 5.75 Å². The predicted octanol–water partition coefficient (Wildman–Crippen LogP) is 3.14. The van der Waals surface area contributed by atoms with Crippen molar-refractivity contribution in [1.82, 2.24) is 4.98 Å². The van der Waals surface area contributed by atoms with Gasteiger partial charge in [-0.2, -0.15) is 0 Å². The molecular formula is C17H17BrN2O4. The van der Waals surface area contributed by atoms with Crippen LogP contribution in [0, 0.1) is 0 Å². The number of amides is 1. The molecule has 0 atom stereocenters. The van der Waals surface area contributed by atoms with Gasteiger partial charge in [0.05, 0.1) is 11.1 Å². The Bertz CT molecular complexity index is 784. The molecule has 2 aromatic rings. The number of ketones is 1. The third kappa shape index (κ3) is 5.06. The van der Waals surface area contributed by atoms with Gasteiger partial charge >= 0.3 is 0 Å². The largest absolute Gasteiger partial charge is 0.494 e. The molecule has 0 fully saturated rings. The standard InChI is InChI=1S/C17H17BrN2O4/c1-11(21)12-4-6-13(7-5-12)24-8-2-3-16(22)20-15-10-19-9-14(18)17(15)23/h4-7,9-10H,2-3,8H2,1H3,(H,19,23)(H,20,22). The molecule has 2 N–H and O–H groups in total. The monoisotopic (exact) mass is 392 g/mol. The number of carbonyl (C=O) groups is 2. The Hall–Kier alpha value is -2.41. The molecule has 0 unspecified atom stereocenters. The van der Waals surface area contributed by atoms with Crippen LogP contribution < -0.4 is 15.5 Å². The van der Waals surface area contributed by atoms with E-state index in [9.17, 15) is 14.4 Å². The molecular weight excluding hydrogens is 376 g/mol. The minimum Gasteiger partial charge on any atom is -0.494 e. The van der Waals surface area contributed by atoms with Crippen molar-refractivity contribution in [2.75, 3.05) is 11.9 Å². The van der Waals surface area contributed by atoms with E-state index in [0.29, 0.717) is 28.8 Å². The molecule has 0 aliphatic rings. The number of anilines is 1. The van der Waals surface area contributed by atoms with Crippen molar-refractivity contribution >= 4 is 33.3 Å². The summed E-state index contributed by atoms with van der Waals surface area (Å²) in [6.07, 6.45) is 3.69. The van der Waals surface area contributed by atoms with E-state index in [2.05, 4.69) is 26.2 Å². The molecule has 2 rings (SSSR count). The van der Waals surface area contributed by atoms with E-state index in [0.717, 1.165) is 0 Å². The lowest BCUT2D eigenvalue weighted by molar-refractivity contribution is -0.116. The molecule has 1 amide bonds. The second kappa shape index (κ2) is 8.44. The summed E-state index contributed by atoms with van der Waals surface area (Å²) in [5, 5.41) is 2.56. The van der Waals surface area contributed by atoms with E-state index in [-0.39, 0.29) is 29.2 Å². The molecule has 0 aliphatic heterocycles. The third-order valence-electron chi connectivity index (χ3n) is 3.25. The molecule has 0 bridgehead atoms. The van der Waals surface area contributed by atoms with Gasteiger partial charge in [0, 0.05) is 24.4 Å². The fourth-order valence-electron chi connectivity index (χ4n) is 1.97. The van der Waals surface area contributed by atoms with Gasteiger partial charge < -0.3 is 15.0 Å². The molecule has 6 nitrogen and oxygen atoms in total. The minimum absolute atomic E-state index is 0.000701. The van der Waals surface area contributed by atoms with Crippen molar-refractivity contribution in [1.29, 1.82) is 0 Å². The molecule has 1 aromatic heterocycles. The van der Waals surface area contributed by atoms with Crippen LogP contribution in [0.15, 0.2) is 45.9 Å². The van der Waals surface area contributed by atoms with Crippen molar-refractivity contribution in [2.24, 2.45) is 0 Å². The maximum atomic E-state index is 11.8.